The second-order valence-corrected chi connectivity index (χ2v) is 6.13. The summed E-state index contributed by atoms with van der Waals surface area (Å²) in [6.45, 7) is 5.56. The molecule has 1 atom stereocenters. The molecule has 3 rings (SSSR count). The van der Waals surface area contributed by atoms with Gasteiger partial charge in [-0.3, -0.25) is 4.79 Å². The van der Waals surface area contributed by atoms with Crippen LogP contribution in [0.25, 0.3) is 5.82 Å². The molecule has 0 bridgehead atoms. The fourth-order valence-corrected chi connectivity index (χ4v) is 2.84. The predicted octanol–water partition coefficient (Wildman–Crippen LogP) is 1.40. The first-order valence-corrected chi connectivity index (χ1v) is 8.01. The van der Waals surface area contributed by atoms with Crippen LogP contribution in [0.5, 0.6) is 0 Å². The van der Waals surface area contributed by atoms with Crippen LogP contribution in [-0.2, 0) is 4.79 Å². The maximum Gasteiger partial charge on any atom is 0.225 e. The van der Waals surface area contributed by atoms with Crippen molar-refractivity contribution in [2.45, 2.75) is 32.7 Å². The van der Waals surface area contributed by atoms with Crippen molar-refractivity contribution in [1.82, 2.24) is 25.1 Å². The smallest absolute Gasteiger partial charge is 0.225 e. The van der Waals surface area contributed by atoms with Crippen molar-refractivity contribution in [1.29, 1.82) is 0 Å². The molecule has 0 spiro atoms. The Labute approximate surface area is 135 Å². The average Bonchev–Trinajstić information content (AvgIpc) is 3.09. The summed E-state index contributed by atoms with van der Waals surface area (Å²) in [5, 5.41) is 7.20. The second-order valence-electron chi connectivity index (χ2n) is 6.13. The van der Waals surface area contributed by atoms with Crippen molar-refractivity contribution in [3.8, 4) is 5.82 Å². The van der Waals surface area contributed by atoms with Crippen LogP contribution >= 0.6 is 0 Å². The minimum atomic E-state index is 0.00858. The lowest BCUT2D eigenvalue weighted by atomic mass is 9.97. The molecule has 1 N–H and O–H groups in total. The van der Waals surface area contributed by atoms with Gasteiger partial charge < -0.3 is 10.2 Å². The summed E-state index contributed by atoms with van der Waals surface area (Å²) in [7, 11) is 0. The van der Waals surface area contributed by atoms with Gasteiger partial charge in [-0.15, -0.1) is 0 Å². The van der Waals surface area contributed by atoms with Crippen molar-refractivity contribution >= 4 is 11.7 Å². The molecule has 0 radical (unpaired) electrons. The van der Waals surface area contributed by atoms with Gasteiger partial charge in [0.2, 0.25) is 5.91 Å². The van der Waals surface area contributed by atoms with Crippen LogP contribution in [0, 0.1) is 5.92 Å². The highest BCUT2D eigenvalue weighted by atomic mass is 16.2. The van der Waals surface area contributed by atoms with E-state index in [1.165, 1.54) is 0 Å². The summed E-state index contributed by atoms with van der Waals surface area (Å²) < 4.78 is 1.71. The Kier molecular flexibility index (Phi) is 4.55. The molecule has 1 fully saturated rings. The van der Waals surface area contributed by atoms with Crippen molar-refractivity contribution in [2.75, 3.05) is 18.0 Å². The number of aromatic nitrogens is 4. The molecular weight excluding hydrogens is 292 g/mol. The van der Waals surface area contributed by atoms with E-state index in [1.807, 2.05) is 32.2 Å². The summed E-state index contributed by atoms with van der Waals surface area (Å²) >= 11 is 0. The van der Waals surface area contributed by atoms with Crippen LogP contribution < -0.4 is 10.2 Å². The van der Waals surface area contributed by atoms with E-state index in [0.29, 0.717) is 6.54 Å². The molecule has 2 aromatic heterocycles. The first kappa shape index (κ1) is 15.5. The number of amides is 1. The number of hydrogen-bond donors (Lipinski definition) is 1. The van der Waals surface area contributed by atoms with Crippen LogP contribution in [0.2, 0.25) is 0 Å². The Morgan fingerprint density at radius 3 is 2.91 bits per heavy atom. The molecule has 7 nitrogen and oxygen atoms in total. The number of nitrogens with one attached hydrogen (secondary N) is 1. The Morgan fingerprint density at radius 1 is 1.35 bits per heavy atom. The zero-order valence-corrected chi connectivity index (χ0v) is 13.5. The van der Waals surface area contributed by atoms with Crippen LogP contribution in [-0.4, -0.2) is 44.8 Å². The normalized spacial score (nSPS) is 18.2. The molecule has 7 heteroatoms. The lowest BCUT2D eigenvalue weighted by molar-refractivity contribution is -0.125. The third-order valence-corrected chi connectivity index (χ3v) is 3.92. The van der Waals surface area contributed by atoms with Gasteiger partial charge >= 0.3 is 0 Å². The zero-order chi connectivity index (χ0) is 16.2. The topological polar surface area (TPSA) is 75.9 Å². The predicted molar refractivity (Wildman–Crippen MR) is 87.4 cm³/mol. The molecule has 2 aromatic rings. The fourth-order valence-electron chi connectivity index (χ4n) is 2.84. The highest BCUT2D eigenvalue weighted by Gasteiger charge is 2.27. The number of nitrogens with zero attached hydrogens (tertiary/aromatic N) is 5. The number of anilines is 1. The SMILES string of the molecule is CC(C)NC(=O)C1CCCN(c2cc(-n3cccn3)ncn2)C1. The summed E-state index contributed by atoms with van der Waals surface area (Å²) in [6, 6.07) is 3.94. The fraction of sp³-hybridized carbons (Fsp3) is 0.500. The third kappa shape index (κ3) is 3.67. The van der Waals surface area contributed by atoms with E-state index in [2.05, 4.69) is 25.3 Å². The van der Waals surface area contributed by atoms with Crippen LogP contribution in [0.15, 0.2) is 30.9 Å². The number of piperidine rings is 1. The van der Waals surface area contributed by atoms with Crippen molar-refractivity contribution in [3.63, 3.8) is 0 Å². The van der Waals surface area contributed by atoms with E-state index in [-0.39, 0.29) is 17.9 Å². The van der Waals surface area contributed by atoms with E-state index < -0.39 is 0 Å². The number of carbonyl (C=O) groups excluding carboxylic acids is 1. The molecule has 1 saturated heterocycles. The molecule has 1 aliphatic heterocycles. The number of carbonyl (C=O) groups is 1. The quantitative estimate of drug-likeness (QED) is 0.923. The number of hydrogen-bond acceptors (Lipinski definition) is 5. The Morgan fingerprint density at radius 2 is 2.17 bits per heavy atom. The van der Waals surface area contributed by atoms with Gasteiger partial charge in [0.25, 0.3) is 0 Å². The molecular formula is C16H22N6O. The largest absolute Gasteiger partial charge is 0.356 e. The van der Waals surface area contributed by atoms with E-state index >= 15 is 0 Å². The minimum absolute atomic E-state index is 0.00858. The van der Waals surface area contributed by atoms with Gasteiger partial charge in [0, 0.05) is 37.6 Å². The molecule has 1 unspecified atom stereocenters. The molecule has 0 aliphatic carbocycles. The van der Waals surface area contributed by atoms with Gasteiger partial charge in [-0.2, -0.15) is 5.10 Å². The standard InChI is InChI=1S/C16H22N6O/c1-12(2)20-16(23)13-5-3-7-21(10-13)14-9-15(18-11-17-14)22-8-4-6-19-22/h4,6,8-9,11-13H,3,5,7,10H2,1-2H3,(H,20,23). The maximum absolute atomic E-state index is 12.3. The lowest BCUT2D eigenvalue weighted by Gasteiger charge is -2.33. The molecule has 23 heavy (non-hydrogen) atoms. The van der Waals surface area contributed by atoms with Crippen LogP contribution in [0.3, 0.4) is 0 Å². The van der Waals surface area contributed by atoms with E-state index in [1.54, 1.807) is 17.2 Å². The van der Waals surface area contributed by atoms with Gasteiger partial charge in [0.05, 0.1) is 5.92 Å². The highest BCUT2D eigenvalue weighted by Crippen LogP contribution is 2.22. The van der Waals surface area contributed by atoms with Gasteiger partial charge in [-0.05, 0) is 32.8 Å². The first-order valence-electron chi connectivity index (χ1n) is 8.01. The first-order chi connectivity index (χ1) is 11.1. The summed E-state index contributed by atoms with van der Waals surface area (Å²) in [6.07, 6.45) is 7.02. The van der Waals surface area contributed by atoms with E-state index in [4.69, 9.17) is 0 Å². The van der Waals surface area contributed by atoms with Crippen LogP contribution in [0.4, 0.5) is 5.82 Å². The molecule has 3 heterocycles. The summed E-state index contributed by atoms with van der Waals surface area (Å²) in [4.78, 5) is 23.0. The molecule has 1 aliphatic rings. The van der Waals surface area contributed by atoms with Crippen molar-refractivity contribution < 1.29 is 4.79 Å². The highest BCUT2D eigenvalue weighted by molar-refractivity contribution is 5.79. The number of rotatable bonds is 4. The Balaban J connectivity index is 1.74. The molecule has 122 valence electrons. The zero-order valence-electron chi connectivity index (χ0n) is 13.5. The summed E-state index contributed by atoms with van der Waals surface area (Å²) in [5.74, 6) is 1.71. The monoisotopic (exact) mass is 314 g/mol. The molecule has 1 amide bonds. The van der Waals surface area contributed by atoms with E-state index in [9.17, 15) is 4.79 Å². The Hall–Kier alpha value is -2.44. The summed E-state index contributed by atoms with van der Waals surface area (Å²) in [5.41, 5.74) is 0. The van der Waals surface area contributed by atoms with Crippen molar-refractivity contribution in [2.24, 2.45) is 5.92 Å². The maximum atomic E-state index is 12.3. The van der Waals surface area contributed by atoms with Gasteiger partial charge in [-0.1, -0.05) is 0 Å². The lowest BCUT2D eigenvalue weighted by Crippen LogP contribution is -2.45. The second kappa shape index (κ2) is 6.76. The Bertz CT molecular complexity index is 654. The van der Waals surface area contributed by atoms with Gasteiger partial charge in [0.15, 0.2) is 5.82 Å². The van der Waals surface area contributed by atoms with Crippen molar-refractivity contribution in [3.05, 3.63) is 30.9 Å². The molecule has 0 saturated carbocycles. The van der Waals surface area contributed by atoms with Crippen LogP contribution in [0.1, 0.15) is 26.7 Å². The van der Waals surface area contributed by atoms with Gasteiger partial charge in [-0.25, -0.2) is 14.6 Å². The minimum Gasteiger partial charge on any atom is -0.356 e. The van der Waals surface area contributed by atoms with Gasteiger partial charge in [0.1, 0.15) is 12.1 Å². The van der Waals surface area contributed by atoms with E-state index in [0.717, 1.165) is 31.0 Å². The molecule has 0 aromatic carbocycles. The third-order valence-electron chi connectivity index (χ3n) is 3.92. The average molecular weight is 314 g/mol.